The standard InChI is InChI=1S/C13H18N2O3/c1-9-5-4-6-10(7-9)8-15(3)12(16)11(14-2)13(17)18/h4-7,11,14H,8H2,1-3H3,(H,17,18). The summed E-state index contributed by atoms with van der Waals surface area (Å²) in [7, 11) is 3.05. The Bertz CT molecular complexity index is 446. The van der Waals surface area contributed by atoms with Crippen LogP contribution >= 0.6 is 0 Å². The van der Waals surface area contributed by atoms with E-state index in [2.05, 4.69) is 5.32 Å². The van der Waals surface area contributed by atoms with Crippen LogP contribution in [0.4, 0.5) is 0 Å². The highest BCUT2D eigenvalue weighted by Gasteiger charge is 2.27. The van der Waals surface area contributed by atoms with Gasteiger partial charge >= 0.3 is 5.97 Å². The number of amides is 1. The first-order valence-electron chi connectivity index (χ1n) is 5.66. The van der Waals surface area contributed by atoms with Gasteiger partial charge in [-0.1, -0.05) is 29.8 Å². The molecule has 0 aliphatic carbocycles. The number of carbonyl (C=O) groups is 2. The van der Waals surface area contributed by atoms with Gasteiger partial charge in [-0.2, -0.15) is 0 Å². The summed E-state index contributed by atoms with van der Waals surface area (Å²) in [5.41, 5.74) is 2.09. The Balaban J connectivity index is 2.73. The lowest BCUT2D eigenvalue weighted by molar-refractivity contribution is -0.147. The van der Waals surface area contributed by atoms with Crippen LogP contribution in [0.5, 0.6) is 0 Å². The van der Waals surface area contributed by atoms with E-state index in [1.807, 2.05) is 31.2 Å². The van der Waals surface area contributed by atoms with Crippen molar-refractivity contribution in [1.82, 2.24) is 10.2 Å². The molecule has 0 heterocycles. The number of likely N-dealkylation sites (N-methyl/N-ethyl adjacent to an activating group) is 2. The van der Waals surface area contributed by atoms with Crippen LogP contribution in [0, 0.1) is 6.92 Å². The van der Waals surface area contributed by atoms with Crippen molar-refractivity contribution in [3.8, 4) is 0 Å². The minimum Gasteiger partial charge on any atom is -0.480 e. The molecule has 5 nitrogen and oxygen atoms in total. The molecule has 0 aliphatic heterocycles. The molecule has 0 saturated heterocycles. The summed E-state index contributed by atoms with van der Waals surface area (Å²) in [6.45, 7) is 2.37. The van der Waals surface area contributed by atoms with Crippen molar-refractivity contribution in [2.75, 3.05) is 14.1 Å². The molecule has 0 radical (unpaired) electrons. The first kappa shape index (κ1) is 14.2. The van der Waals surface area contributed by atoms with Gasteiger partial charge in [-0.05, 0) is 19.5 Å². The third-order valence-corrected chi connectivity index (χ3v) is 2.66. The van der Waals surface area contributed by atoms with Crippen LogP contribution in [0.3, 0.4) is 0 Å². The third-order valence-electron chi connectivity index (χ3n) is 2.66. The van der Waals surface area contributed by atoms with Crippen molar-refractivity contribution < 1.29 is 14.7 Å². The van der Waals surface area contributed by atoms with Crippen LogP contribution in [0.1, 0.15) is 11.1 Å². The number of carboxylic acids is 1. The lowest BCUT2D eigenvalue weighted by atomic mass is 10.1. The number of aryl methyl sites for hydroxylation is 1. The van der Waals surface area contributed by atoms with E-state index in [-0.39, 0.29) is 0 Å². The molecule has 0 spiro atoms. The zero-order chi connectivity index (χ0) is 13.7. The van der Waals surface area contributed by atoms with Crippen molar-refractivity contribution >= 4 is 11.9 Å². The second kappa shape index (κ2) is 6.16. The normalized spacial score (nSPS) is 11.9. The Morgan fingerprint density at radius 3 is 2.61 bits per heavy atom. The second-order valence-electron chi connectivity index (χ2n) is 4.24. The molecule has 98 valence electrons. The molecule has 5 heteroatoms. The van der Waals surface area contributed by atoms with E-state index in [0.717, 1.165) is 11.1 Å². The highest BCUT2D eigenvalue weighted by atomic mass is 16.4. The van der Waals surface area contributed by atoms with Gasteiger partial charge in [0, 0.05) is 13.6 Å². The lowest BCUT2D eigenvalue weighted by Gasteiger charge is -2.21. The first-order valence-corrected chi connectivity index (χ1v) is 5.66. The molecule has 1 amide bonds. The van der Waals surface area contributed by atoms with Gasteiger partial charge < -0.3 is 10.0 Å². The van der Waals surface area contributed by atoms with Gasteiger partial charge in [0.25, 0.3) is 5.91 Å². The van der Waals surface area contributed by atoms with Gasteiger partial charge in [0.1, 0.15) is 0 Å². The fraction of sp³-hybridized carbons (Fsp3) is 0.385. The molecule has 0 saturated carbocycles. The second-order valence-corrected chi connectivity index (χ2v) is 4.24. The molecule has 0 aliphatic rings. The molecule has 1 aromatic carbocycles. The number of hydrogen-bond donors (Lipinski definition) is 2. The highest BCUT2D eigenvalue weighted by molar-refractivity contribution is 6.00. The summed E-state index contributed by atoms with van der Waals surface area (Å²) in [6, 6.07) is 6.57. The topological polar surface area (TPSA) is 69.6 Å². The predicted molar refractivity (Wildman–Crippen MR) is 68.1 cm³/mol. The molecular formula is C13H18N2O3. The van der Waals surface area contributed by atoms with Gasteiger partial charge in [-0.25, -0.2) is 4.79 Å². The molecule has 0 bridgehead atoms. The summed E-state index contributed by atoms with van der Waals surface area (Å²) in [5.74, 6) is -1.62. The van der Waals surface area contributed by atoms with Gasteiger partial charge in [-0.15, -0.1) is 0 Å². The maximum atomic E-state index is 11.9. The molecule has 1 atom stereocenters. The van der Waals surface area contributed by atoms with Crippen molar-refractivity contribution in [2.24, 2.45) is 0 Å². The van der Waals surface area contributed by atoms with Gasteiger partial charge in [0.15, 0.2) is 6.04 Å². The highest BCUT2D eigenvalue weighted by Crippen LogP contribution is 2.07. The number of carbonyl (C=O) groups excluding carboxylic acids is 1. The SMILES string of the molecule is CNC(C(=O)O)C(=O)N(C)Cc1cccc(C)c1. The number of aliphatic carboxylic acids is 1. The van der Waals surface area contributed by atoms with E-state index in [0.29, 0.717) is 6.54 Å². The van der Waals surface area contributed by atoms with Crippen LogP contribution in [0.2, 0.25) is 0 Å². The molecule has 1 unspecified atom stereocenters. The fourth-order valence-corrected chi connectivity index (χ4v) is 1.74. The van der Waals surface area contributed by atoms with E-state index >= 15 is 0 Å². The Kier molecular flexibility index (Phi) is 4.85. The van der Waals surface area contributed by atoms with E-state index in [1.54, 1.807) is 7.05 Å². The van der Waals surface area contributed by atoms with Crippen LogP contribution in [0.25, 0.3) is 0 Å². The molecule has 2 N–H and O–H groups in total. The van der Waals surface area contributed by atoms with Crippen molar-refractivity contribution in [3.63, 3.8) is 0 Å². The first-order chi connectivity index (χ1) is 8.45. The lowest BCUT2D eigenvalue weighted by Crippen LogP contribution is -2.48. The summed E-state index contributed by atoms with van der Waals surface area (Å²) in [4.78, 5) is 24.2. The molecule has 1 aromatic rings. The van der Waals surface area contributed by atoms with Gasteiger partial charge in [0.2, 0.25) is 0 Å². The number of rotatable bonds is 5. The molecule has 0 aromatic heterocycles. The zero-order valence-electron chi connectivity index (χ0n) is 10.8. The summed E-state index contributed by atoms with van der Waals surface area (Å²) < 4.78 is 0. The van der Waals surface area contributed by atoms with Crippen molar-refractivity contribution in [3.05, 3.63) is 35.4 Å². The van der Waals surface area contributed by atoms with Crippen LogP contribution in [-0.2, 0) is 16.1 Å². The van der Waals surface area contributed by atoms with E-state index in [4.69, 9.17) is 5.11 Å². The van der Waals surface area contributed by atoms with Crippen molar-refractivity contribution in [1.29, 1.82) is 0 Å². The zero-order valence-corrected chi connectivity index (χ0v) is 10.8. The maximum Gasteiger partial charge on any atom is 0.330 e. The quantitative estimate of drug-likeness (QED) is 0.752. The number of nitrogens with one attached hydrogen (secondary N) is 1. The average molecular weight is 250 g/mol. The number of hydrogen-bond acceptors (Lipinski definition) is 3. The largest absolute Gasteiger partial charge is 0.480 e. The van der Waals surface area contributed by atoms with E-state index in [9.17, 15) is 9.59 Å². The third kappa shape index (κ3) is 3.56. The van der Waals surface area contributed by atoms with Gasteiger partial charge in [0.05, 0.1) is 0 Å². The van der Waals surface area contributed by atoms with Gasteiger partial charge in [-0.3, -0.25) is 10.1 Å². The van der Waals surface area contributed by atoms with E-state index in [1.165, 1.54) is 11.9 Å². The van der Waals surface area contributed by atoms with E-state index < -0.39 is 17.9 Å². The number of nitrogens with zero attached hydrogens (tertiary/aromatic N) is 1. The number of benzene rings is 1. The van der Waals surface area contributed by atoms with Crippen LogP contribution < -0.4 is 5.32 Å². The average Bonchev–Trinajstić information content (AvgIpc) is 2.29. The Morgan fingerprint density at radius 2 is 2.11 bits per heavy atom. The minimum atomic E-state index is -1.19. The summed E-state index contributed by atoms with van der Waals surface area (Å²) in [5, 5.41) is 11.4. The maximum absolute atomic E-state index is 11.9. The number of carboxylic acid groups (broad SMARTS) is 1. The molecule has 18 heavy (non-hydrogen) atoms. The Hall–Kier alpha value is -1.88. The fourth-order valence-electron chi connectivity index (χ4n) is 1.74. The summed E-state index contributed by atoms with van der Waals surface area (Å²) >= 11 is 0. The Labute approximate surface area is 106 Å². The van der Waals surface area contributed by atoms with Crippen LogP contribution in [0.15, 0.2) is 24.3 Å². The molecule has 1 rings (SSSR count). The van der Waals surface area contributed by atoms with Crippen LogP contribution in [-0.4, -0.2) is 42.0 Å². The minimum absolute atomic E-state index is 0.395. The molecule has 0 fully saturated rings. The monoisotopic (exact) mass is 250 g/mol. The smallest absolute Gasteiger partial charge is 0.330 e. The Morgan fingerprint density at radius 1 is 1.44 bits per heavy atom. The van der Waals surface area contributed by atoms with Crippen molar-refractivity contribution in [2.45, 2.75) is 19.5 Å². The predicted octanol–water partition coefficient (Wildman–Crippen LogP) is 0.626. The molecular weight excluding hydrogens is 232 g/mol. The summed E-state index contributed by atoms with van der Waals surface area (Å²) in [6.07, 6.45) is 0.